The molecule has 0 aromatic carbocycles. The second-order valence-electron chi connectivity index (χ2n) is 5.80. The summed E-state index contributed by atoms with van der Waals surface area (Å²) in [6.45, 7) is 13.4. The van der Waals surface area contributed by atoms with E-state index in [2.05, 4.69) is 26.1 Å². The predicted molar refractivity (Wildman–Crippen MR) is 61.2 cm³/mol. The zero-order valence-electron chi connectivity index (χ0n) is 10.5. The van der Waals surface area contributed by atoms with Crippen LogP contribution in [0, 0.1) is 10.8 Å². The van der Waals surface area contributed by atoms with E-state index < -0.39 is 0 Å². The van der Waals surface area contributed by atoms with Gasteiger partial charge in [-0.2, -0.15) is 0 Å². The largest absolute Gasteiger partial charge is 0.356 e. The van der Waals surface area contributed by atoms with Gasteiger partial charge in [0.25, 0.3) is 0 Å². The Balaban J connectivity index is 3.87. The number of carbonyl (C=O) groups excluding carboxylic acids is 1. The highest BCUT2D eigenvalue weighted by atomic mass is 16.2. The summed E-state index contributed by atoms with van der Waals surface area (Å²) in [7, 11) is 0. The number of carbonyl (C=O) groups is 1. The van der Waals surface area contributed by atoms with Gasteiger partial charge in [0.05, 0.1) is 0 Å². The van der Waals surface area contributed by atoms with E-state index in [-0.39, 0.29) is 11.3 Å². The van der Waals surface area contributed by atoms with Crippen LogP contribution in [0.1, 0.15) is 54.4 Å². The lowest BCUT2D eigenvalue weighted by Crippen LogP contribution is -2.37. The number of hydrogen-bond donors (Lipinski definition) is 1. The monoisotopic (exact) mass is 199 g/mol. The third-order valence-corrected chi connectivity index (χ3v) is 2.66. The molecule has 0 fully saturated rings. The summed E-state index contributed by atoms with van der Waals surface area (Å²) in [5.41, 5.74) is 0.0710. The number of nitrogens with one attached hydrogen (secondary N) is 1. The van der Waals surface area contributed by atoms with Crippen LogP contribution in [-0.2, 0) is 4.79 Å². The lowest BCUT2D eigenvalue weighted by Gasteiger charge is -2.23. The molecule has 0 spiro atoms. The molecule has 0 atom stereocenters. The highest BCUT2D eigenvalue weighted by Crippen LogP contribution is 2.20. The first-order valence-electron chi connectivity index (χ1n) is 5.47. The van der Waals surface area contributed by atoms with E-state index in [0.717, 1.165) is 19.4 Å². The van der Waals surface area contributed by atoms with Gasteiger partial charge in [-0.1, -0.05) is 41.5 Å². The molecule has 0 aliphatic rings. The molecule has 1 amide bonds. The van der Waals surface area contributed by atoms with Crippen LogP contribution in [0.2, 0.25) is 0 Å². The topological polar surface area (TPSA) is 29.1 Å². The van der Waals surface area contributed by atoms with Gasteiger partial charge in [-0.15, -0.1) is 0 Å². The van der Waals surface area contributed by atoms with E-state index in [1.54, 1.807) is 0 Å². The summed E-state index contributed by atoms with van der Waals surface area (Å²) in [6, 6.07) is 0. The molecule has 0 saturated heterocycles. The van der Waals surface area contributed by atoms with E-state index >= 15 is 0 Å². The normalized spacial score (nSPS) is 12.7. The molecule has 0 saturated carbocycles. The Morgan fingerprint density at radius 1 is 1.14 bits per heavy atom. The molecular formula is C12H25NO. The van der Waals surface area contributed by atoms with Crippen molar-refractivity contribution in [2.24, 2.45) is 10.8 Å². The first-order valence-corrected chi connectivity index (χ1v) is 5.47. The van der Waals surface area contributed by atoms with Gasteiger partial charge < -0.3 is 5.32 Å². The lowest BCUT2D eigenvalue weighted by molar-refractivity contribution is -0.129. The van der Waals surface area contributed by atoms with Crippen LogP contribution < -0.4 is 5.32 Å². The van der Waals surface area contributed by atoms with Crippen LogP contribution in [0.3, 0.4) is 0 Å². The smallest absolute Gasteiger partial charge is 0.225 e. The minimum Gasteiger partial charge on any atom is -0.356 e. The fraction of sp³-hybridized carbons (Fsp3) is 0.917. The molecule has 0 aliphatic heterocycles. The Morgan fingerprint density at radius 2 is 1.64 bits per heavy atom. The Bertz CT molecular complexity index is 189. The fourth-order valence-corrected chi connectivity index (χ4v) is 0.951. The van der Waals surface area contributed by atoms with Crippen LogP contribution >= 0.6 is 0 Å². The molecule has 0 aromatic rings. The van der Waals surface area contributed by atoms with Gasteiger partial charge in [0.2, 0.25) is 5.91 Å². The highest BCUT2D eigenvalue weighted by molar-refractivity contribution is 5.81. The summed E-state index contributed by atoms with van der Waals surface area (Å²) in [5.74, 6) is 0.171. The van der Waals surface area contributed by atoms with Crippen LogP contribution in [0.25, 0.3) is 0 Å². The third-order valence-electron chi connectivity index (χ3n) is 2.66. The van der Waals surface area contributed by atoms with Crippen LogP contribution in [-0.4, -0.2) is 12.5 Å². The van der Waals surface area contributed by atoms with Gasteiger partial charge >= 0.3 is 0 Å². The van der Waals surface area contributed by atoms with Crippen molar-refractivity contribution in [3.8, 4) is 0 Å². The summed E-state index contributed by atoms with van der Waals surface area (Å²) in [5, 5.41) is 2.99. The van der Waals surface area contributed by atoms with Gasteiger partial charge in [0.1, 0.15) is 0 Å². The van der Waals surface area contributed by atoms with Crippen molar-refractivity contribution in [3.63, 3.8) is 0 Å². The molecule has 0 heterocycles. The van der Waals surface area contributed by atoms with E-state index in [9.17, 15) is 4.79 Å². The Labute approximate surface area is 88.5 Å². The maximum atomic E-state index is 11.7. The van der Waals surface area contributed by atoms with Crippen LogP contribution in [0.5, 0.6) is 0 Å². The predicted octanol–water partition coefficient (Wildman–Crippen LogP) is 2.98. The molecule has 0 radical (unpaired) electrons. The van der Waals surface area contributed by atoms with Gasteiger partial charge in [-0.05, 0) is 18.3 Å². The van der Waals surface area contributed by atoms with Crippen molar-refractivity contribution in [1.82, 2.24) is 5.32 Å². The molecule has 14 heavy (non-hydrogen) atoms. The van der Waals surface area contributed by atoms with E-state index in [1.165, 1.54) is 0 Å². The molecule has 0 aliphatic carbocycles. The maximum absolute atomic E-state index is 11.7. The molecule has 0 rings (SSSR count). The van der Waals surface area contributed by atoms with Gasteiger partial charge in [0.15, 0.2) is 0 Å². The molecule has 1 N–H and O–H groups in total. The molecule has 0 aromatic heterocycles. The van der Waals surface area contributed by atoms with Gasteiger partial charge in [-0.3, -0.25) is 4.79 Å². The van der Waals surface area contributed by atoms with Crippen molar-refractivity contribution in [1.29, 1.82) is 0 Å². The van der Waals surface area contributed by atoms with Crippen molar-refractivity contribution in [2.45, 2.75) is 54.4 Å². The molecule has 0 bridgehead atoms. The van der Waals surface area contributed by atoms with Gasteiger partial charge in [-0.25, -0.2) is 0 Å². The molecule has 2 nitrogen and oxygen atoms in total. The minimum atomic E-state index is -0.224. The van der Waals surface area contributed by atoms with Crippen molar-refractivity contribution >= 4 is 5.91 Å². The highest BCUT2D eigenvalue weighted by Gasteiger charge is 2.24. The quantitative estimate of drug-likeness (QED) is 0.741. The third kappa shape index (κ3) is 5.25. The number of rotatable bonds is 4. The Morgan fingerprint density at radius 3 is 2.00 bits per heavy atom. The zero-order valence-corrected chi connectivity index (χ0v) is 10.5. The summed E-state index contributed by atoms with van der Waals surface area (Å²) >= 11 is 0. The Hall–Kier alpha value is -0.530. The zero-order chi connectivity index (χ0) is 11.4. The second-order valence-corrected chi connectivity index (χ2v) is 5.80. The average Bonchev–Trinajstić information content (AvgIpc) is 2.02. The second kappa shape index (κ2) is 4.81. The first kappa shape index (κ1) is 13.5. The number of amides is 1. The molecular weight excluding hydrogens is 174 g/mol. The SMILES string of the molecule is CCC(C)(C)C(=O)NCCC(C)(C)C. The average molecular weight is 199 g/mol. The fourth-order valence-electron chi connectivity index (χ4n) is 0.951. The summed E-state index contributed by atoms with van der Waals surface area (Å²) in [6.07, 6.45) is 1.91. The first-order chi connectivity index (χ1) is 6.19. The maximum Gasteiger partial charge on any atom is 0.225 e. The van der Waals surface area contributed by atoms with E-state index in [4.69, 9.17) is 0 Å². The lowest BCUT2D eigenvalue weighted by atomic mass is 9.88. The summed E-state index contributed by atoms with van der Waals surface area (Å²) in [4.78, 5) is 11.7. The van der Waals surface area contributed by atoms with Crippen molar-refractivity contribution in [3.05, 3.63) is 0 Å². The van der Waals surface area contributed by atoms with Gasteiger partial charge in [0, 0.05) is 12.0 Å². The molecule has 2 heteroatoms. The van der Waals surface area contributed by atoms with Crippen LogP contribution in [0.4, 0.5) is 0 Å². The van der Waals surface area contributed by atoms with Crippen molar-refractivity contribution < 1.29 is 4.79 Å². The number of hydrogen-bond acceptors (Lipinski definition) is 1. The summed E-state index contributed by atoms with van der Waals surface area (Å²) < 4.78 is 0. The van der Waals surface area contributed by atoms with Crippen LogP contribution in [0.15, 0.2) is 0 Å². The molecule has 84 valence electrons. The standard InChI is InChI=1S/C12H25NO/c1-7-12(5,6)10(14)13-9-8-11(2,3)4/h7-9H2,1-6H3,(H,13,14). The van der Waals surface area contributed by atoms with E-state index in [1.807, 2.05) is 20.8 Å². The Kier molecular flexibility index (Phi) is 4.63. The molecule has 0 unspecified atom stereocenters. The van der Waals surface area contributed by atoms with Crippen molar-refractivity contribution in [2.75, 3.05) is 6.54 Å². The van der Waals surface area contributed by atoms with E-state index in [0.29, 0.717) is 5.41 Å². The minimum absolute atomic E-state index is 0.171.